The minimum Gasteiger partial charge on any atom is -0.478 e. The number of ether oxygens (including phenoxy) is 3. The second kappa shape index (κ2) is 9.56. The largest absolute Gasteiger partial charge is 0.478 e. The molecule has 7 nitrogen and oxygen atoms in total. The van der Waals surface area contributed by atoms with Crippen LogP contribution in [0.2, 0.25) is 0 Å². The summed E-state index contributed by atoms with van der Waals surface area (Å²) in [5, 5.41) is 21.0. The molecule has 0 amide bonds. The predicted octanol–water partition coefficient (Wildman–Crippen LogP) is 5.12. The molecular formula is C25H26O7. The van der Waals surface area contributed by atoms with E-state index < -0.39 is 18.4 Å². The van der Waals surface area contributed by atoms with E-state index >= 15 is 0 Å². The normalized spacial score (nSPS) is 18.9. The van der Waals surface area contributed by atoms with Crippen molar-refractivity contribution in [3.8, 4) is 17.1 Å². The monoisotopic (exact) mass is 438 g/mol. The van der Waals surface area contributed by atoms with Gasteiger partial charge in [-0.3, -0.25) is 0 Å². The highest BCUT2D eigenvalue weighted by molar-refractivity contribution is 6.04. The zero-order chi connectivity index (χ0) is 22.6. The van der Waals surface area contributed by atoms with Gasteiger partial charge in [0, 0.05) is 31.1 Å². The number of hydrogen-bond donors (Lipinski definition) is 2. The first-order chi connectivity index (χ1) is 15.6. The first-order valence-corrected chi connectivity index (χ1v) is 10.6. The minimum atomic E-state index is -1.12. The second-order valence-electron chi connectivity index (χ2n) is 7.72. The Balaban J connectivity index is 1.63. The number of fused-ring (bicyclic) bond motifs is 1. The molecule has 1 fully saturated rings. The van der Waals surface area contributed by atoms with Gasteiger partial charge in [-0.25, -0.2) is 4.79 Å². The van der Waals surface area contributed by atoms with Gasteiger partial charge in [0.2, 0.25) is 0 Å². The first kappa shape index (κ1) is 22.1. The fourth-order valence-corrected chi connectivity index (χ4v) is 4.14. The molecule has 1 aliphatic heterocycles. The standard InChI is InChI=1S/C25H26O7/c1-29-25(9-2-3-13-32-25)10-5-12-30-18-7-8-19-17(14-18)15-20(24(27)28)21(16-26)23(19)22-6-4-11-31-22/h4-8,11-12,14-15,26H,2-3,9-10,13,16H2,1H3,(H,27,28). The van der Waals surface area contributed by atoms with Gasteiger partial charge in [0.15, 0.2) is 5.79 Å². The summed E-state index contributed by atoms with van der Waals surface area (Å²) in [7, 11) is 1.65. The van der Waals surface area contributed by atoms with Crippen LogP contribution in [0, 0.1) is 0 Å². The van der Waals surface area contributed by atoms with Crippen LogP contribution in [0.25, 0.3) is 22.1 Å². The van der Waals surface area contributed by atoms with E-state index in [0.717, 1.165) is 24.6 Å². The van der Waals surface area contributed by atoms with Crippen molar-refractivity contribution >= 4 is 16.7 Å². The molecule has 2 heterocycles. The molecular weight excluding hydrogens is 412 g/mol. The van der Waals surface area contributed by atoms with Crippen molar-refractivity contribution in [3.63, 3.8) is 0 Å². The average Bonchev–Trinajstić information content (AvgIpc) is 3.35. The van der Waals surface area contributed by atoms with Crippen molar-refractivity contribution < 1.29 is 33.6 Å². The summed E-state index contributed by atoms with van der Waals surface area (Å²) in [5.74, 6) is -0.667. The summed E-state index contributed by atoms with van der Waals surface area (Å²) in [6.07, 6.45) is 8.48. The van der Waals surface area contributed by atoms with Crippen LogP contribution in [-0.4, -0.2) is 35.7 Å². The van der Waals surface area contributed by atoms with E-state index in [2.05, 4.69) is 0 Å². The molecule has 3 aromatic rings. The third-order valence-corrected chi connectivity index (χ3v) is 5.79. The molecule has 1 aromatic heterocycles. The van der Waals surface area contributed by atoms with Gasteiger partial charge in [-0.05, 0) is 66.1 Å². The van der Waals surface area contributed by atoms with Gasteiger partial charge >= 0.3 is 5.97 Å². The molecule has 1 unspecified atom stereocenters. The zero-order valence-electron chi connectivity index (χ0n) is 17.9. The number of aliphatic hydroxyl groups is 1. The molecule has 32 heavy (non-hydrogen) atoms. The number of aliphatic hydroxyl groups excluding tert-OH is 1. The number of methoxy groups -OCH3 is 1. The molecule has 0 spiro atoms. The molecule has 4 rings (SSSR count). The fraction of sp³-hybridized carbons (Fsp3) is 0.320. The minimum absolute atomic E-state index is 0.0237. The number of furan rings is 1. The number of rotatable bonds is 8. The van der Waals surface area contributed by atoms with Crippen molar-refractivity contribution in [2.24, 2.45) is 0 Å². The SMILES string of the molecule is COC1(CC=COc2ccc3c(-c4ccco4)c(CO)c(C(=O)O)cc3c2)CCCCO1. The van der Waals surface area contributed by atoms with Crippen molar-refractivity contribution in [1.29, 1.82) is 0 Å². The zero-order valence-corrected chi connectivity index (χ0v) is 17.9. The summed E-state index contributed by atoms with van der Waals surface area (Å²) in [4.78, 5) is 11.8. The van der Waals surface area contributed by atoms with E-state index in [4.69, 9.17) is 18.6 Å². The van der Waals surface area contributed by atoms with Gasteiger partial charge in [-0.1, -0.05) is 0 Å². The van der Waals surface area contributed by atoms with Gasteiger partial charge in [0.1, 0.15) is 11.5 Å². The van der Waals surface area contributed by atoms with Gasteiger partial charge in [-0.15, -0.1) is 0 Å². The Kier molecular flexibility index (Phi) is 6.60. The van der Waals surface area contributed by atoms with Crippen molar-refractivity contribution in [1.82, 2.24) is 0 Å². The van der Waals surface area contributed by atoms with Crippen LogP contribution in [0.15, 0.2) is 59.4 Å². The summed E-state index contributed by atoms with van der Waals surface area (Å²) in [6, 6.07) is 10.4. The maximum absolute atomic E-state index is 11.8. The molecule has 1 atom stereocenters. The highest BCUT2D eigenvalue weighted by atomic mass is 16.7. The summed E-state index contributed by atoms with van der Waals surface area (Å²) >= 11 is 0. The van der Waals surface area contributed by atoms with Gasteiger partial charge in [-0.2, -0.15) is 0 Å². The third kappa shape index (κ3) is 4.41. The molecule has 2 aromatic carbocycles. The molecule has 7 heteroatoms. The van der Waals surface area contributed by atoms with Gasteiger partial charge in [0.05, 0.1) is 31.3 Å². The second-order valence-corrected chi connectivity index (χ2v) is 7.72. The summed E-state index contributed by atoms with van der Waals surface area (Å²) in [6.45, 7) is 0.269. The van der Waals surface area contributed by atoms with E-state index in [1.165, 1.54) is 6.26 Å². The van der Waals surface area contributed by atoms with Crippen molar-refractivity contribution in [3.05, 3.63) is 66.1 Å². The number of carbonyl (C=O) groups is 1. The maximum Gasteiger partial charge on any atom is 0.336 e. The van der Waals surface area contributed by atoms with Crippen LogP contribution in [0.5, 0.6) is 5.75 Å². The third-order valence-electron chi connectivity index (χ3n) is 5.79. The molecule has 0 aliphatic carbocycles. The average molecular weight is 438 g/mol. The van der Waals surface area contributed by atoms with Crippen LogP contribution >= 0.6 is 0 Å². The lowest BCUT2D eigenvalue weighted by Gasteiger charge is -2.35. The van der Waals surface area contributed by atoms with Crippen molar-refractivity contribution in [2.45, 2.75) is 38.1 Å². The summed E-state index contributed by atoms with van der Waals surface area (Å²) in [5.41, 5.74) is 0.896. The summed E-state index contributed by atoms with van der Waals surface area (Å²) < 4.78 is 22.7. The van der Waals surface area contributed by atoms with E-state index in [9.17, 15) is 15.0 Å². The van der Waals surface area contributed by atoms with E-state index in [-0.39, 0.29) is 5.56 Å². The van der Waals surface area contributed by atoms with Crippen LogP contribution < -0.4 is 4.74 Å². The fourth-order valence-electron chi connectivity index (χ4n) is 4.14. The lowest BCUT2D eigenvalue weighted by Crippen LogP contribution is -2.37. The molecule has 0 bridgehead atoms. The number of carboxylic acids is 1. The van der Waals surface area contributed by atoms with Crippen LogP contribution in [-0.2, 0) is 16.1 Å². The van der Waals surface area contributed by atoms with Crippen LogP contribution in [0.3, 0.4) is 0 Å². The van der Waals surface area contributed by atoms with Crippen LogP contribution in [0.4, 0.5) is 0 Å². The Labute approximate surface area is 185 Å². The van der Waals surface area contributed by atoms with Crippen molar-refractivity contribution in [2.75, 3.05) is 13.7 Å². The number of carboxylic acid groups (broad SMARTS) is 1. The molecule has 1 aliphatic rings. The topological polar surface area (TPSA) is 98.4 Å². The van der Waals surface area contributed by atoms with E-state index in [1.54, 1.807) is 43.7 Å². The Morgan fingerprint density at radius 3 is 2.78 bits per heavy atom. The lowest BCUT2D eigenvalue weighted by molar-refractivity contribution is -0.239. The number of hydrogen-bond acceptors (Lipinski definition) is 6. The predicted molar refractivity (Wildman–Crippen MR) is 118 cm³/mol. The molecule has 2 N–H and O–H groups in total. The number of aromatic carboxylic acids is 1. The quantitative estimate of drug-likeness (QED) is 0.471. The molecule has 0 saturated carbocycles. The van der Waals surface area contributed by atoms with Gasteiger partial charge in [0.25, 0.3) is 0 Å². The highest BCUT2D eigenvalue weighted by Gasteiger charge is 2.31. The van der Waals surface area contributed by atoms with E-state index in [1.807, 2.05) is 12.1 Å². The lowest BCUT2D eigenvalue weighted by atomic mass is 9.92. The molecule has 1 saturated heterocycles. The Morgan fingerprint density at radius 2 is 2.12 bits per heavy atom. The van der Waals surface area contributed by atoms with Crippen LogP contribution in [0.1, 0.15) is 41.6 Å². The Hall–Kier alpha value is -3.13. The first-order valence-electron chi connectivity index (χ1n) is 10.6. The highest BCUT2D eigenvalue weighted by Crippen LogP contribution is 2.37. The smallest absolute Gasteiger partial charge is 0.336 e. The molecule has 168 valence electrons. The van der Waals surface area contributed by atoms with Gasteiger partial charge < -0.3 is 28.8 Å². The van der Waals surface area contributed by atoms with E-state index in [0.29, 0.717) is 41.1 Å². The maximum atomic E-state index is 11.8. The Bertz CT molecular complexity index is 1110. The molecule has 0 radical (unpaired) electrons. The number of benzene rings is 2. The Morgan fingerprint density at radius 1 is 1.25 bits per heavy atom.